The lowest BCUT2D eigenvalue weighted by Gasteiger charge is -2.14. The average Bonchev–Trinajstić information content (AvgIpc) is 3.27. The number of fused-ring (bicyclic) bond motifs is 2. The maximum atomic E-state index is 12.9. The molecule has 2 aliphatic rings. The molecule has 1 saturated heterocycles. The summed E-state index contributed by atoms with van der Waals surface area (Å²) < 4.78 is 14.7. The largest absolute Gasteiger partial charge is 0.342 e. The number of likely N-dealkylation sites (tertiary alicyclic amines) is 1. The Labute approximate surface area is 202 Å². The Balaban J connectivity index is 0.000000159. The van der Waals surface area contributed by atoms with Crippen molar-refractivity contribution in [2.75, 3.05) is 13.1 Å². The number of piperidine rings is 1. The van der Waals surface area contributed by atoms with Gasteiger partial charge in [-0.05, 0) is 61.1 Å². The zero-order valence-corrected chi connectivity index (χ0v) is 20.5. The summed E-state index contributed by atoms with van der Waals surface area (Å²) in [4.78, 5) is 12.7. The van der Waals surface area contributed by atoms with Gasteiger partial charge in [-0.25, -0.2) is 9.07 Å². The number of carbonyl (C=O) groups excluding carboxylic acids is 1. The molecule has 6 rings (SSSR count). The highest BCUT2D eigenvalue weighted by molar-refractivity contribution is 5.80. The second-order valence-corrected chi connectivity index (χ2v) is 8.43. The van der Waals surface area contributed by atoms with Crippen molar-refractivity contribution < 1.29 is 9.18 Å². The Bertz CT molecular complexity index is 1130. The highest BCUT2D eigenvalue weighted by Crippen LogP contribution is 2.44. The van der Waals surface area contributed by atoms with E-state index >= 15 is 0 Å². The quantitative estimate of drug-likeness (QED) is 0.319. The third-order valence-corrected chi connectivity index (χ3v) is 5.89. The van der Waals surface area contributed by atoms with Gasteiger partial charge in [-0.15, -0.1) is 0 Å². The van der Waals surface area contributed by atoms with E-state index in [-0.39, 0.29) is 11.7 Å². The van der Waals surface area contributed by atoms with E-state index in [1.807, 2.05) is 79.0 Å². The molecule has 0 bridgehead atoms. The minimum Gasteiger partial charge on any atom is -0.342 e. The fraction of sp³-hybridized carbons (Fsp3) is 0.310. The second kappa shape index (κ2) is 12.1. The lowest BCUT2D eigenvalue weighted by molar-refractivity contribution is -0.128. The predicted octanol–water partition coefficient (Wildman–Crippen LogP) is 6.67. The summed E-state index contributed by atoms with van der Waals surface area (Å²) in [6.45, 7) is 9.78. The lowest BCUT2D eigenvalue weighted by atomic mass is 10.2. The number of aryl methyl sites for hydroxylation is 1. The van der Waals surface area contributed by atoms with Crippen LogP contribution in [-0.4, -0.2) is 33.7 Å². The summed E-state index contributed by atoms with van der Waals surface area (Å²) in [7, 11) is 0. The Kier molecular flexibility index (Phi) is 8.97. The first kappa shape index (κ1) is 25.2. The maximum absolute atomic E-state index is 12.9. The highest BCUT2D eigenvalue weighted by Gasteiger charge is 2.45. The molecule has 2 atom stereocenters. The van der Waals surface area contributed by atoms with E-state index in [0.29, 0.717) is 0 Å². The summed E-state index contributed by atoms with van der Waals surface area (Å²) in [5.41, 5.74) is 3.09. The topological polar surface area (TPSA) is 38.1 Å². The smallest absolute Gasteiger partial charge is 0.219 e. The summed E-state index contributed by atoms with van der Waals surface area (Å²) in [6.07, 6.45) is 3.20. The first-order chi connectivity index (χ1) is 16.5. The molecule has 0 radical (unpaired) electrons. The molecule has 178 valence electrons. The van der Waals surface area contributed by atoms with Gasteiger partial charge >= 0.3 is 0 Å². The van der Waals surface area contributed by atoms with Gasteiger partial charge < -0.3 is 4.90 Å². The Hall–Kier alpha value is -3.47. The number of halogens is 1. The summed E-state index contributed by atoms with van der Waals surface area (Å²) in [5, 5.41) is 5.41. The van der Waals surface area contributed by atoms with Gasteiger partial charge in [0.15, 0.2) is 0 Å². The van der Waals surface area contributed by atoms with Crippen molar-refractivity contribution in [3.63, 3.8) is 0 Å². The lowest BCUT2D eigenvalue weighted by Crippen LogP contribution is -2.27. The number of carbonyl (C=O) groups is 1. The molecule has 1 aliphatic carbocycles. The fourth-order valence-electron chi connectivity index (χ4n) is 3.96. The zero-order valence-electron chi connectivity index (χ0n) is 20.5. The molecule has 4 nitrogen and oxygen atoms in total. The van der Waals surface area contributed by atoms with Crippen LogP contribution in [0.5, 0.6) is 0 Å². The van der Waals surface area contributed by atoms with Crippen LogP contribution in [0.1, 0.15) is 32.8 Å². The summed E-state index contributed by atoms with van der Waals surface area (Å²) in [6, 6.07) is 24.5. The van der Waals surface area contributed by atoms with E-state index in [0.717, 1.165) is 41.5 Å². The van der Waals surface area contributed by atoms with Crippen LogP contribution in [-0.2, 0) is 4.79 Å². The van der Waals surface area contributed by atoms with Crippen LogP contribution in [0.15, 0.2) is 85.1 Å². The van der Waals surface area contributed by atoms with Gasteiger partial charge in [-0.3, -0.25) is 4.79 Å². The van der Waals surface area contributed by atoms with Crippen LogP contribution in [0.4, 0.5) is 4.39 Å². The van der Waals surface area contributed by atoms with Gasteiger partial charge in [0.25, 0.3) is 0 Å². The van der Waals surface area contributed by atoms with E-state index in [9.17, 15) is 9.18 Å². The zero-order chi connectivity index (χ0) is 24.5. The number of hydrogen-bond donors (Lipinski definition) is 0. The number of benzene rings is 3. The molecule has 1 amide bonds. The molecule has 1 saturated carbocycles. The highest BCUT2D eigenvalue weighted by atomic mass is 19.1. The molecule has 5 heteroatoms. The summed E-state index contributed by atoms with van der Waals surface area (Å²) >= 11 is 0. The average molecular weight is 460 g/mol. The Morgan fingerprint density at radius 2 is 1.47 bits per heavy atom. The Morgan fingerprint density at radius 1 is 0.912 bits per heavy atom. The third-order valence-electron chi connectivity index (χ3n) is 5.89. The molecule has 2 fully saturated rings. The second-order valence-electron chi connectivity index (χ2n) is 8.43. The molecule has 2 heterocycles. The van der Waals surface area contributed by atoms with E-state index in [2.05, 4.69) is 17.2 Å². The van der Waals surface area contributed by atoms with Crippen LogP contribution >= 0.6 is 0 Å². The molecule has 0 spiro atoms. The standard InChI is InChI=1S/C14H11FN2.C7H11NO.C6H6.C2H6/c1-10-2-3-11-9-16-17(14(11)8-10)13-6-4-12(15)5-7-13;1-5(9)8-3-6-2-7(6)4-8;1-2-4-6-5-3-1;1-2/h2-9H,1H3;6-7H,2-4H2,1H3;1-6H;1-2H3. The Morgan fingerprint density at radius 3 is 1.97 bits per heavy atom. The van der Waals surface area contributed by atoms with Gasteiger partial charge in [-0.1, -0.05) is 62.4 Å². The van der Waals surface area contributed by atoms with Gasteiger partial charge in [0.2, 0.25) is 5.91 Å². The summed E-state index contributed by atoms with van der Waals surface area (Å²) in [5.74, 6) is 1.78. The molecule has 2 unspecified atom stereocenters. The molecular weight excluding hydrogens is 425 g/mol. The molecule has 4 aromatic rings. The van der Waals surface area contributed by atoms with E-state index < -0.39 is 0 Å². The van der Waals surface area contributed by atoms with Crippen molar-refractivity contribution in [2.24, 2.45) is 11.8 Å². The number of amides is 1. The number of hydrogen-bond acceptors (Lipinski definition) is 2. The van der Waals surface area contributed by atoms with Crippen molar-refractivity contribution >= 4 is 16.8 Å². The van der Waals surface area contributed by atoms with Gasteiger partial charge in [0.05, 0.1) is 17.4 Å². The van der Waals surface area contributed by atoms with Crippen LogP contribution in [0.3, 0.4) is 0 Å². The fourth-order valence-corrected chi connectivity index (χ4v) is 3.96. The van der Waals surface area contributed by atoms with Crippen LogP contribution in [0.25, 0.3) is 16.6 Å². The number of nitrogens with zero attached hydrogens (tertiary/aromatic N) is 3. The van der Waals surface area contributed by atoms with Crippen LogP contribution < -0.4 is 0 Å². The van der Waals surface area contributed by atoms with Crippen molar-refractivity contribution in [3.05, 3.63) is 96.4 Å². The van der Waals surface area contributed by atoms with Gasteiger partial charge in [-0.2, -0.15) is 5.10 Å². The number of aromatic nitrogens is 2. The van der Waals surface area contributed by atoms with Crippen molar-refractivity contribution in [3.8, 4) is 5.69 Å². The number of rotatable bonds is 1. The van der Waals surface area contributed by atoms with Crippen molar-refractivity contribution in [1.82, 2.24) is 14.7 Å². The van der Waals surface area contributed by atoms with E-state index in [1.54, 1.807) is 19.1 Å². The predicted molar refractivity (Wildman–Crippen MR) is 137 cm³/mol. The van der Waals surface area contributed by atoms with Crippen LogP contribution in [0.2, 0.25) is 0 Å². The van der Waals surface area contributed by atoms with Crippen LogP contribution in [0, 0.1) is 24.6 Å². The molecule has 1 aliphatic heterocycles. The van der Waals surface area contributed by atoms with E-state index in [4.69, 9.17) is 0 Å². The minimum atomic E-state index is -0.235. The van der Waals surface area contributed by atoms with Gasteiger partial charge in [0, 0.05) is 25.4 Å². The maximum Gasteiger partial charge on any atom is 0.219 e. The molecular formula is C29H34FN3O. The SMILES string of the molecule is CC.CC(=O)N1CC2CC2C1.Cc1ccc2cnn(-c3ccc(F)cc3)c2c1.c1ccccc1. The molecule has 34 heavy (non-hydrogen) atoms. The van der Waals surface area contributed by atoms with Gasteiger partial charge in [0.1, 0.15) is 5.82 Å². The minimum absolute atomic E-state index is 0.235. The van der Waals surface area contributed by atoms with Crippen molar-refractivity contribution in [2.45, 2.75) is 34.1 Å². The first-order valence-corrected chi connectivity index (χ1v) is 12.0. The first-order valence-electron chi connectivity index (χ1n) is 12.0. The monoisotopic (exact) mass is 459 g/mol. The van der Waals surface area contributed by atoms with E-state index in [1.165, 1.54) is 24.1 Å². The molecule has 1 aromatic heterocycles. The molecule has 0 N–H and O–H groups in total. The molecule has 3 aromatic carbocycles. The van der Waals surface area contributed by atoms with Crippen molar-refractivity contribution in [1.29, 1.82) is 0 Å². The normalized spacial score (nSPS) is 17.3. The third kappa shape index (κ3) is 6.77.